The van der Waals surface area contributed by atoms with Gasteiger partial charge in [-0.3, -0.25) is 14.6 Å². The topological polar surface area (TPSA) is 78.1 Å². The molecule has 0 fully saturated rings. The molecule has 150 valence electrons. The number of pyridine rings is 1. The van der Waals surface area contributed by atoms with Crippen LogP contribution in [0.15, 0.2) is 79.3 Å². The maximum Gasteiger partial charge on any atom is 0.259 e. The van der Waals surface area contributed by atoms with Gasteiger partial charge in [-0.15, -0.1) is 0 Å². The lowest BCUT2D eigenvalue weighted by Crippen LogP contribution is -2.28. The third kappa shape index (κ3) is 4.07. The van der Waals surface area contributed by atoms with Gasteiger partial charge in [-0.25, -0.2) is 0 Å². The van der Waals surface area contributed by atoms with Gasteiger partial charge in [0.25, 0.3) is 11.8 Å². The zero-order valence-electron chi connectivity index (χ0n) is 16.6. The fourth-order valence-electron chi connectivity index (χ4n) is 3.39. The van der Waals surface area contributed by atoms with Crippen LogP contribution in [0.2, 0.25) is 0 Å². The Morgan fingerprint density at radius 3 is 2.57 bits per heavy atom. The number of aromatic nitrogens is 2. The third-order valence-corrected chi connectivity index (χ3v) is 5.05. The predicted octanol–water partition coefficient (Wildman–Crippen LogP) is 3.81. The summed E-state index contributed by atoms with van der Waals surface area (Å²) in [5, 5.41) is 4.07. The van der Waals surface area contributed by atoms with Crippen LogP contribution in [0.5, 0.6) is 0 Å². The van der Waals surface area contributed by atoms with E-state index in [1.54, 1.807) is 13.1 Å². The summed E-state index contributed by atoms with van der Waals surface area (Å²) in [4.78, 5) is 34.2. The van der Waals surface area contributed by atoms with Gasteiger partial charge in [-0.05, 0) is 36.2 Å². The highest BCUT2D eigenvalue weighted by Gasteiger charge is 2.16. The van der Waals surface area contributed by atoms with Gasteiger partial charge in [0.15, 0.2) is 0 Å². The Morgan fingerprint density at radius 1 is 1.00 bits per heavy atom. The van der Waals surface area contributed by atoms with Crippen molar-refractivity contribution in [1.82, 2.24) is 15.3 Å². The molecule has 0 aliphatic rings. The molecule has 0 saturated carbocycles. The molecule has 0 atom stereocenters. The highest BCUT2D eigenvalue weighted by atomic mass is 16.2. The van der Waals surface area contributed by atoms with Gasteiger partial charge in [0, 0.05) is 48.8 Å². The number of hydrogen-bond donors (Lipinski definition) is 2. The number of para-hydroxylation sites is 2. The second kappa shape index (κ2) is 8.61. The normalized spacial score (nSPS) is 10.7. The molecule has 0 aliphatic carbocycles. The number of aromatic amines is 1. The van der Waals surface area contributed by atoms with Crippen molar-refractivity contribution < 1.29 is 9.59 Å². The summed E-state index contributed by atoms with van der Waals surface area (Å²) in [7, 11) is 1.70. The van der Waals surface area contributed by atoms with Crippen molar-refractivity contribution in [3.63, 3.8) is 0 Å². The van der Waals surface area contributed by atoms with Gasteiger partial charge < -0.3 is 15.2 Å². The molecular formula is C24H22N4O2. The second-order valence-corrected chi connectivity index (χ2v) is 7.03. The number of nitrogens with one attached hydrogen (secondary N) is 2. The molecule has 6 nitrogen and oxygen atoms in total. The monoisotopic (exact) mass is 398 g/mol. The fourth-order valence-corrected chi connectivity index (χ4v) is 3.39. The first-order valence-corrected chi connectivity index (χ1v) is 9.75. The SMILES string of the molecule is CN(C(=O)c1cncc(C(=O)NCCc2c[nH]c3ccccc23)c1)c1ccccc1. The number of carbonyl (C=O) groups excluding carboxylic acids is 2. The van der Waals surface area contributed by atoms with Crippen LogP contribution in [-0.4, -0.2) is 35.4 Å². The number of benzene rings is 2. The van der Waals surface area contributed by atoms with Gasteiger partial charge in [-0.2, -0.15) is 0 Å². The van der Waals surface area contributed by atoms with Crippen molar-refractivity contribution >= 4 is 28.4 Å². The van der Waals surface area contributed by atoms with Crippen LogP contribution in [0, 0.1) is 0 Å². The molecule has 6 heteroatoms. The minimum atomic E-state index is -0.251. The standard InChI is InChI=1S/C24H22N4O2/c1-28(20-7-3-2-4-8-20)24(30)19-13-18(14-25-15-19)23(29)26-12-11-17-16-27-22-10-6-5-9-21(17)22/h2-10,13-16,27H,11-12H2,1H3,(H,26,29). The van der Waals surface area contributed by atoms with Gasteiger partial charge in [-0.1, -0.05) is 36.4 Å². The summed E-state index contributed by atoms with van der Waals surface area (Å²) in [6, 6.07) is 19.0. The number of rotatable bonds is 6. The van der Waals surface area contributed by atoms with Crippen LogP contribution in [0.25, 0.3) is 10.9 Å². The van der Waals surface area contributed by atoms with Crippen LogP contribution in [0.3, 0.4) is 0 Å². The molecule has 0 spiro atoms. The summed E-state index contributed by atoms with van der Waals surface area (Å²) in [5.41, 5.74) is 3.73. The summed E-state index contributed by atoms with van der Waals surface area (Å²) in [6.45, 7) is 0.489. The molecule has 2 aromatic heterocycles. The van der Waals surface area contributed by atoms with E-state index in [-0.39, 0.29) is 11.8 Å². The smallest absolute Gasteiger partial charge is 0.259 e. The van der Waals surface area contributed by atoms with E-state index in [0.717, 1.165) is 22.2 Å². The summed E-state index contributed by atoms with van der Waals surface area (Å²) >= 11 is 0. The molecule has 0 radical (unpaired) electrons. The summed E-state index contributed by atoms with van der Waals surface area (Å²) < 4.78 is 0. The van der Waals surface area contributed by atoms with Crippen molar-refractivity contribution in [2.24, 2.45) is 0 Å². The summed E-state index contributed by atoms with van der Waals surface area (Å²) in [5.74, 6) is -0.471. The number of hydrogen-bond acceptors (Lipinski definition) is 3. The Hall–Kier alpha value is -3.93. The zero-order chi connectivity index (χ0) is 20.9. The van der Waals surface area contributed by atoms with Gasteiger partial charge in [0.1, 0.15) is 0 Å². The van der Waals surface area contributed by atoms with Gasteiger partial charge in [0.05, 0.1) is 11.1 Å². The van der Waals surface area contributed by atoms with E-state index in [9.17, 15) is 9.59 Å². The Morgan fingerprint density at radius 2 is 1.73 bits per heavy atom. The van der Waals surface area contributed by atoms with E-state index in [4.69, 9.17) is 0 Å². The maximum absolute atomic E-state index is 12.8. The maximum atomic E-state index is 12.8. The average Bonchev–Trinajstić information content (AvgIpc) is 3.22. The van der Waals surface area contributed by atoms with E-state index in [1.165, 1.54) is 17.3 Å². The van der Waals surface area contributed by atoms with E-state index < -0.39 is 0 Å². The molecule has 4 rings (SSSR count). The lowest BCUT2D eigenvalue weighted by atomic mass is 10.1. The van der Waals surface area contributed by atoms with Crippen molar-refractivity contribution in [3.8, 4) is 0 Å². The largest absolute Gasteiger partial charge is 0.361 e. The quantitative estimate of drug-likeness (QED) is 0.518. The summed E-state index contributed by atoms with van der Waals surface area (Å²) in [6.07, 6.45) is 5.63. The highest BCUT2D eigenvalue weighted by molar-refractivity contribution is 6.07. The van der Waals surface area contributed by atoms with Gasteiger partial charge in [0.2, 0.25) is 0 Å². The molecule has 0 bridgehead atoms. The zero-order valence-corrected chi connectivity index (χ0v) is 16.6. The molecule has 0 unspecified atom stereocenters. The molecule has 2 aromatic carbocycles. The molecule has 30 heavy (non-hydrogen) atoms. The van der Waals surface area contributed by atoms with Crippen LogP contribution < -0.4 is 10.2 Å². The third-order valence-electron chi connectivity index (χ3n) is 5.05. The van der Waals surface area contributed by atoms with E-state index in [2.05, 4.69) is 21.4 Å². The van der Waals surface area contributed by atoms with Crippen LogP contribution in [0.1, 0.15) is 26.3 Å². The number of anilines is 1. The van der Waals surface area contributed by atoms with E-state index in [0.29, 0.717) is 24.1 Å². The first kappa shape index (κ1) is 19.4. The molecule has 2 heterocycles. The van der Waals surface area contributed by atoms with Crippen molar-refractivity contribution in [3.05, 3.63) is 95.9 Å². The Bertz CT molecular complexity index is 1180. The van der Waals surface area contributed by atoms with Crippen molar-refractivity contribution in [2.75, 3.05) is 18.5 Å². The molecule has 0 saturated heterocycles. The molecule has 0 aliphatic heterocycles. The lowest BCUT2D eigenvalue weighted by Gasteiger charge is -2.17. The number of nitrogens with zero attached hydrogens (tertiary/aromatic N) is 2. The minimum Gasteiger partial charge on any atom is -0.361 e. The molecule has 2 N–H and O–H groups in total. The van der Waals surface area contributed by atoms with Crippen molar-refractivity contribution in [2.45, 2.75) is 6.42 Å². The van der Waals surface area contributed by atoms with Gasteiger partial charge >= 0.3 is 0 Å². The lowest BCUT2D eigenvalue weighted by molar-refractivity contribution is 0.0954. The van der Waals surface area contributed by atoms with E-state index in [1.807, 2.05) is 54.7 Å². The number of fused-ring (bicyclic) bond motifs is 1. The fraction of sp³-hybridized carbons (Fsp3) is 0.125. The number of amides is 2. The van der Waals surface area contributed by atoms with Crippen LogP contribution in [0.4, 0.5) is 5.69 Å². The van der Waals surface area contributed by atoms with Crippen LogP contribution in [-0.2, 0) is 6.42 Å². The molecular weight excluding hydrogens is 376 g/mol. The first-order valence-electron chi connectivity index (χ1n) is 9.75. The second-order valence-electron chi connectivity index (χ2n) is 7.03. The minimum absolute atomic E-state index is 0.220. The number of carbonyl (C=O) groups is 2. The van der Waals surface area contributed by atoms with Crippen LogP contribution >= 0.6 is 0 Å². The average molecular weight is 398 g/mol. The molecule has 4 aromatic rings. The molecule has 2 amide bonds. The number of H-pyrrole nitrogens is 1. The Labute approximate surface area is 174 Å². The Kier molecular flexibility index (Phi) is 5.57. The Balaban J connectivity index is 1.40. The first-order chi connectivity index (χ1) is 14.6. The van der Waals surface area contributed by atoms with E-state index >= 15 is 0 Å². The van der Waals surface area contributed by atoms with Crippen molar-refractivity contribution in [1.29, 1.82) is 0 Å². The highest BCUT2D eigenvalue weighted by Crippen LogP contribution is 2.18. The predicted molar refractivity (Wildman–Crippen MR) is 118 cm³/mol.